The first kappa shape index (κ1) is 23.3. The number of amides is 1. The molecule has 0 aromatic heterocycles. The van der Waals surface area contributed by atoms with Gasteiger partial charge in [0.25, 0.3) is 5.91 Å². The highest BCUT2D eigenvalue weighted by atomic mass is 32.2. The number of sulfonamides is 1. The van der Waals surface area contributed by atoms with Crippen LogP contribution in [-0.2, 0) is 19.6 Å². The van der Waals surface area contributed by atoms with Gasteiger partial charge in [0.2, 0.25) is 10.0 Å². The first-order chi connectivity index (χ1) is 13.7. The van der Waals surface area contributed by atoms with Crippen LogP contribution in [-0.4, -0.2) is 49.8 Å². The molecule has 29 heavy (non-hydrogen) atoms. The molecule has 1 atom stereocenters. The van der Waals surface area contributed by atoms with E-state index in [9.17, 15) is 18.0 Å². The van der Waals surface area contributed by atoms with Gasteiger partial charge in [0.15, 0.2) is 6.10 Å². The van der Waals surface area contributed by atoms with Crippen molar-refractivity contribution >= 4 is 21.9 Å². The Labute approximate surface area is 173 Å². The lowest BCUT2D eigenvalue weighted by molar-refractivity contribution is -0.130. The normalized spacial score (nSPS) is 16.4. The minimum Gasteiger partial charge on any atom is -0.449 e. The first-order valence-corrected chi connectivity index (χ1v) is 11.8. The zero-order valence-corrected chi connectivity index (χ0v) is 18.5. The molecular weight excluding hydrogens is 392 g/mol. The van der Waals surface area contributed by atoms with Crippen molar-refractivity contribution in [3.8, 4) is 0 Å². The summed E-state index contributed by atoms with van der Waals surface area (Å²) in [5.74, 6) is -1.03. The van der Waals surface area contributed by atoms with E-state index in [0.717, 1.165) is 25.7 Å². The Morgan fingerprint density at radius 3 is 2.38 bits per heavy atom. The number of rotatable bonds is 8. The molecule has 1 aromatic rings. The molecule has 1 N–H and O–H groups in total. The smallest absolute Gasteiger partial charge is 0.339 e. The van der Waals surface area contributed by atoms with Gasteiger partial charge in [-0.15, -0.1) is 0 Å². The van der Waals surface area contributed by atoms with E-state index in [1.165, 1.54) is 29.8 Å². The highest BCUT2D eigenvalue weighted by molar-refractivity contribution is 7.89. The molecule has 0 bridgehead atoms. The molecule has 1 aliphatic rings. The average Bonchev–Trinajstić information content (AvgIpc) is 2.69. The third-order valence-electron chi connectivity index (χ3n) is 5.38. The van der Waals surface area contributed by atoms with Gasteiger partial charge in [-0.25, -0.2) is 13.2 Å². The lowest BCUT2D eigenvalue weighted by atomic mass is 9.95. The summed E-state index contributed by atoms with van der Waals surface area (Å²) in [5.41, 5.74) is 0.740. The first-order valence-electron chi connectivity index (χ1n) is 10.3. The van der Waals surface area contributed by atoms with Crippen LogP contribution in [0, 0.1) is 6.92 Å². The summed E-state index contributed by atoms with van der Waals surface area (Å²) < 4.78 is 32.2. The second kappa shape index (κ2) is 10.2. The fourth-order valence-electron chi connectivity index (χ4n) is 3.54. The molecular formula is C21H32N2O5S. The number of carbonyl (C=O) groups is 2. The topological polar surface area (TPSA) is 92.8 Å². The molecule has 0 spiro atoms. The Kier molecular flexibility index (Phi) is 8.22. The van der Waals surface area contributed by atoms with Crippen LogP contribution in [0.4, 0.5) is 0 Å². The third-order valence-corrected chi connectivity index (χ3v) is 7.42. The quantitative estimate of drug-likeness (QED) is 0.648. The Balaban J connectivity index is 2.12. The van der Waals surface area contributed by atoms with Gasteiger partial charge < -0.3 is 10.1 Å². The maximum absolute atomic E-state index is 12.7. The van der Waals surface area contributed by atoms with Gasteiger partial charge in [0.1, 0.15) is 0 Å². The Hall–Kier alpha value is -1.93. The van der Waals surface area contributed by atoms with E-state index in [1.54, 1.807) is 26.8 Å². The summed E-state index contributed by atoms with van der Waals surface area (Å²) in [6, 6.07) is 4.53. The number of nitrogens with one attached hydrogen (secondary N) is 1. The van der Waals surface area contributed by atoms with Gasteiger partial charge in [-0.05, 0) is 44.4 Å². The van der Waals surface area contributed by atoms with Crippen molar-refractivity contribution in [3.63, 3.8) is 0 Å². The predicted molar refractivity (Wildman–Crippen MR) is 111 cm³/mol. The summed E-state index contributed by atoms with van der Waals surface area (Å²) in [6.07, 6.45) is 4.29. The molecule has 7 nitrogen and oxygen atoms in total. The number of esters is 1. The van der Waals surface area contributed by atoms with Crippen LogP contribution in [0.5, 0.6) is 0 Å². The largest absolute Gasteiger partial charge is 0.449 e. The van der Waals surface area contributed by atoms with Gasteiger partial charge in [0, 0.05) is 19.1 Å². The van der Waals surface area contributed by atoms with Gasteiger partial charge >= 0.3 is 5.97 Å². The van der Waals surface area contributed by atoms with Crippen molar-refractivity contribution in [3.05, 3.63) is 29.3 Å². The number of aryl methyl sites for hydroxylation is 1. The van der Waals surface area contributed by atoms with E-state index in [0.29, 0.717) is 18.7 Å². The molecule has 1 aromatic carbocycles. The van der Waals surface area contributed by atoms with Gasteiger partial charge in [-0.3, -0.25) is 4.79 Å². The number of hydrogen-bond donors (Lipinski definition) is 1. The molecule has 0 aliphatic heterocycles. The minimum absolute atomic E-state index is 0.0399. The third kappa shape index (κ3) is 5.79. The zero-order valence-electron chi connectivity index (χ0n) is 17.7. The van der Waals surface area contributed by atoms with Gasteiger partial charge in [0.05, 0.1) is 10.5 Å². The van der Waals surface area contributed by atoms with E-state index >= 15 is 0 Å². The molecule has 162 valence electrons. The van der Waals surface area contributed by atoms with Crippen molar-refractivity contribution in [2.24, 2.45) is 0 Å². The summed E-state index contributed by atoms with van der Waals surface area (Å²) in [5, 5.41) is 2.94. The minimum atomic E-state index is -3.69. The zero-order chi connectivity index (χ0) is 21.6. The molecule has 2 rings (SSSR count). The van der Waals surface area contributed by atoms with Crippen LogP contribution in [0.2, 0.25) is 0 Å². The SMILES string of the molecule is CCN(CC)S(=O)(=O)c1ccc(C)c(C(=O)O[C@@H](C)C(=O)NC2CCCCC2)c1. The highest BCUT2D eigenvalue weighted by Crippen LogP contribution is 2.21. The van der Waals surface area contributed by atoms with E-state index in [-0.39, 0.29) is 22.4 Å². The predicted octanol–water partition coefficient (Wildman–Crippen LogP) is 3.02. The molecule has 0 radical (unpaired) electrons. The van der Waals surface area contributed by atoms with Crippen molar-refractivity contribution < 1.29 is 22.7 Å². The van der Waals surface area contributed by atoms with Gasteiger partial charge in [-0.2, -0.15) is 4.31 Å². The Morgan fingerprint density at radius 1 is 1.17 bits per heavy atom. The summed E-state index contributed by atoms with van der Waals surface area (Å²) in [4.78, 5) is 25.1. The molecule has 0 saturated heterocycles. The maximum atomic E-state index is 12.7. The van der Waals surface area contributed by atoms with Crippen molar-refractivity contribution in [1.82, 2.24) is 9.62 Å². The van der Waals surface area contributed by atoms with Crippen molar-refractivity contribution in [2.75, 3.05) is 13.1 Å². The number of benzene rings is 1. The monoisotopic (exact) mass is 424 g/mol. The van der Waals surface area contributed by atoms with E-state index in [4.69, 9.17) is 4.74 Å². The van der Waals surface area contributed by atoms with Crippen LogP contribution in [0.15, 0.2) is 23.1 Å². The molecule has 0 heterocycles. The second-order valence-corrected chi connectivity index (χ2v) is 9.40. The van der Waals surface area contributed by atoms with E-state index < -0.39 is 22.1 Å². The molecule has 1 aliphatic carbocycles. The van der Waals surface area contributed by atoms with E-state index in [2.05, 4.69) is 5.32 Å². The molecule has 0 unspecified atom stereocenters. The van der Waals surface area contributed by atoms with E-state index in [1.807, 2.05) is 0 Å². The lowest BCUT2D eigenvalue weighted by Crippen LogP contribution is -2.42. The average molecular weight is 425 g/mol. The summed E-state index contributed by atoms with van der Waals surface area (Å²) in [6.45, 7) is 7.43. The fraction of sp³-hybridized carbons (Fsp3) is 0.619. The molecule has 1 saturated carbocycles. The van der Waals surface area contributed by atoms with Crippen molar-refractivity contribution in [1.29, 1.82) is 0 Å². The van der Waals surface area contributed by atoms with Crippen LogP contribution in [0.1, 0.15) is 68.8 Å². The van der Waals surface area contributed by atoms with Crippen LogP contribution in [0.25, 0.3) is 0 Å². The Bertz CT molecular complexity index is 827. The standard InChI is InChI=1S/C21H32N2O5S/c1-5-23(6-2)29(26,27)18-13-12-15(3)19(14-18)21(25)28-16(4)20(24)22-17-10-8-7-9-11-17/h12-14,16-17H,5-11H2,1-4H3,(H,22,24)/t16-/m0/s1. The number of nitrogens with zero attached hydrogens (tertiary/aromatic N) is 1. The Morgan fingerprint density at radius 2 is 1.79 bits per heavy atom. The molecule has 1 amide bonds. The molecule has 1 fully saturated rings. The van der Waals surface area contributed by atoms with Crippen LogP contribution >= 0.6 is 0 Å². The highest BCUT2D eigenvalue weighted by Gasteiger charge is 2.26. The van der Waals surface area contributed by atoms with Crippen molar-refractivity contribution in [2.45, 2.75) is 76.8 Å². The summed E-state index contributed by atoms with van der Waals surface area (Å²) >= 11 is 0. The van der Waals surface area contributed by atoms with Crippen LogP contribution < -0.4 is 5.32 Å². The second-order valence-electron chi connectivity index (χ2n) is 7.46. The van der Waals surface area contributed by atoms with Gasteiger partial charge in [-0.1, -0.05) is 39.2 Å². The lowest BCUT2D eigenvalue weighted by Gasteiger charge is -2.24. The summed E-state index contributed by atoms with van der Waals surface area (Å²) in [7, 11) is -3.69. The number of hydrogen-bond acceptors (Lipinski definition) is 5. The van der Waals surface area contributed by atoms with Crippen LogP contribution in [0.3, 0.4) is 0 Å². The number of ether oxygens (including phenoxy) is 1. The maximum Gasteiger partial charge on any atom is 0.339 e. The number of carbonyl (C=O) groups excluding carboxylic acids is 2. The fourth-order valence-corrected chi connectivity index (χ4v) is 5.02. The molecule has 8 heteroatoms.